The van der Waals surface area contributed by atoms with Gasteiger partial charge in [0.05, 0.1) is 5.52 Å². The highest BCUT2D eigenvalue weighted by molar-refractivity contribution is 6.34. The molecule has 0 N–H and O–H groups in total. The topological polar surface area (TPSA) is 39.1 Å². The molecule has 1 aromatic heterocycles. The Morgan fingerprint density at radius 1 is 0.559 bits per heavy atom. The second kappa shape index (κ2) is 6.75. The zero-order valence-electron chi connectivity index (χ0n) is 18.5. The molecule has 3 heteroatoms. The SMILES string of the molecule is Cn1c2ccccc2c2c(-c3ccccc3)c3c(cc21)C(=O)c1cc2ccccc2cc1C3=O. The van der Waals surface area contributed by atoms with Crippen LogP contribution in [-0.4, -0.2) is 16.1 Å². The molecule has 0 amide bonds. The Kier molecular flexibility index (Phi) is 3.78. The molecule has 6 aromatic rings. The summed E-state index contributed by atoms with van der Waals surface area (Å²) in [6.07, 6.45) is 0. The molecule has 7 rings (SSSR count). The number of para-hydroxylation sites is 1. The van der Waals surface area contributed by atoms with Crippen molar-refractivity contribution in [2.45, 2.75) is 0 Å². The van der Waals surface area contributed by atoms with Crippen LogP contribution in [0, 0.1) is 0 Å². The van der Waals surface area contributed by atoms with E-state index < -0.39 is 0 Å². The second-order valence-electron chi connectivity index (χ2n) is 8.91. The maximum atomic E-state index is 14.1. The summed E-state index contributed by atoms with van der Waals surface area (Å²) in [7, 11) is 2.02. The predicted octanol–water partition coefficient (Wildman–Crippen LogP) is 6.93. The molecule has 1 heterocycles. The fourth-order valence-corrected chi connectivity index (χ4v) is 5.52. The minimum Gasteiger partial charge on any atom is -0.344 e. The maximum Gasteiger partial charge on any atom is 0.195 e. The zero-order valence-corrected chi connectivity index (χ0v) is 18.5. The molecule has 0 saturated heterocycles. The highest BCUT2D eigenvalue weighted by atomic mass is 16.1. The Labute approximate surface area is 195 Å². The van der Waals surface area contributed by atoms with Crippen molar-refractivity contribution >= 4 is 44.1 Å². The van der Waals surface area contributed by atoms with Gasteiger partial charge in [0.25, 0.3) is 0 Å². The molecule has 0 spiro atoms. The van der Waals surface area contributed by atoms with Gasteiger partial charge in [-0.2, -0.15) is 0 Å². The number of ketones is 2. The van der Waals surface area contributed by atoms with Gasteiger partial charge in [0, 0.05) is 51.2 Å². The maximum absolute atomic E-state index is 14.1. The van der Waals surface area contributed by atoms with Gasteiger partial charge in [0.15, 0.2) is 11.6 Å². The lowest BCUT2D eigenvalue weighted by Gasteiger charge is -2.22. The van der Waals surface area contributed by atoms with E-state index in [9.17, 15) is 9.59 Å². The molecule has 0 saturated carbocycles. The highest BCUT2D eigenvalue weighted by Crippen LogP contribution is 2.43. The number of benzene rings is 5. The first-order valence-electron chi connectivity index (χ1n) is 11.4. The van der Waals surface area contributed by atoms with E-state index in [0.717, 1.165) is 43.7 Å². The zero-order chi connectivity index (χ0) is 23.0. The third kappa shape index (κ3) is 2.41. The molecule has 34 heavy (non-hydrogen) atoms. The molecule has 1 aliphatic carbocycles. The molecule has 1 aliphatic rings. The first-order valence-corrected chi connectivity index (χ1v) is 11.4. The summed E-state index contributed by atoms with van der Waals surface area (Å²) in [5.41, 5.74) is 5.73. The van der Waals surface area contributed by atoms with Crippen LogP contribution in [0.1, 0.15) is 31.8 Å². The van der Waals surface area contributed by atoms with Crippen molar-refractivity contribution in [1.82, 2.24) is 4.57 Å². The lowest BCUT2D eigenvalue weighted by molar-refractivity contribution is 0.0980. The van der Waals surface area contributed by atoms with Gasteiger partial charge in [-0.15, -0.1) is 0 Å². The molecule has 0 aliphatic heterocycles. The number of hydrogen-bond acceptors (Lipinski definition) is 2. The molecular formula is C31H19NO2. The van der Waals surface area contributed by atoms with E-state index >= 15 is 0 Å². The fraction of sp³-hybridized carbons (Fsp3) is 0.0323. The normalized spacial score (nSPS) is 13.0. The van der Waals surface area contributed by atoms with Crippen molar-refractivity contribution in [2.24, 2.45) is 7.05 Å². The molecule has 5 aromatic carbocycles. The van der Waals surface area contributed by atoms with Crippen molar-refractivity contribution in [3.05, 3.63) is 119 Å². The molecule has 160 valence electrons. The van der Waals surface area contributed by atoms with Crippen molar-refractivity contribution in [2.75, 3.05) is 0 Å². The van der Waals surface area contributed by atoms with Crippen LogP contribution in [0.25, 0.3) is 43.7 Å². The number of rotatable bonds is 1. The van der Waals surface area contributed by atoms with Gasteiger partial charge in [0.1, 0.15) is 0 Å². The van der Waals surface area contributed by atoms with Gasteiger partial charge in [-0.25, -0.2) is 0 Å². The van der Waals surface area contributed by atoms with Crippen LogP contribution < -0.4 is 0 Å². The molecule has 0 radical (unpaired) electrons. The largest absolute Gasteiger partial charge is 0.344 e. The number of aromatic nitrogens is 1. The third-order valence-corrected chi connectivity index (χ3v) is 7.11. The van der Waals surface area contributed by atoms with E-state index in [1.54, 1.807) is 0 Å². The van der Waals surface area contributed by atoms with Gasteiger partial charge in [0.2, 0.25) is 0 Å². The van der Waals surface area contributed by atoms with Gasteiger partial charge in [-0.3, -0.25) is 9.59 Å². The summed E-state index contributed by atoms with van der Waals surface area (Å²) in [6, 6.07) is 31.7. The average molecular weight is 437 g/mol. The third-order valence-electron chi connectivity index (χ3n) is 7.11. The van der Waals surface area contributed by atoms with Crippen LogP contribution in [0.2, 0.25) is 0 Å². The Morgan fingerprint density at radius 3 is 1.91 bits per heavy atom. The van der Waals surface area contributed by atoms with Crippen LogP contribution in [0.15, 0.2) is 97.1 Å². The number of hydrogen-bond donors (Lipinski definition) is 0. The summed E-state index contributed by atoms with van der Waals surface area (Å²) < 4.78 is 2.12. The Bertz CT molecular complexity index is 1840. The van der Waals surface area contributed by atoms with E-state index in [-0.39, 0.29) is 11.6 Å². The standard InChI is InChI=1S/C31H19NO2/c1-32-25-14-8-7-13-21(25)28-26(32)17-24-29(27(28)18-9-3-2-4-10-18)31(34)23-16-20-12-6-5-11-19(20)15-22(23)30(24)33/h2-17H,1H3. The van der Waals surface area contributed by atoms with Gasteiger partial charge >= 0.3 is 0 Å². The van der Waals surface area contributed by atoms with Crippen molar-refractivity contribution in [3.63, 3.8) is 0 Å². The second-order valence-corrected chi connectivity index (χ2v) is 8.91. The monoisotopic (exact) mass is 437 g/mol. The van der Waals surface area contributed by atoms with E-state index in [0.29, 0.717) is 22.3 Å². The van der Waals surface area contributed by atoms with Gasteiger partial charge in [-0.1, -0.05) is 72.8 Å². The van der Waals surface area contributed by atoms with E-state index in [4.69, 9.17) is 0 Å². The molecule has 0 bridgehead atoms. The summed E-state index contributed by atoms with van der Waals surface area (Å²) in [4.78, 5) is 28.0. The van der Waals surface area contributed by atoms with Crippen LogP contribution in [0.5, 0.6) is 0 Å². The summed E-state index contributed by atoms with van der Waals surface area (Å²) >= 11 is 0. The average Bonchev–Trinajstić information content (AvgIpc) is 3.17. The Hall–Kier alpha value is -4.50. The van der Waals surface area contributed by atoms with Gasteiger partial charge < -0.3 is 4.57 Å². The predicted molar refractivity (Wildman–Crippen MR) is 137 cm³/mol. The van der Waals surface area contributed by atoms with E-state index in [2.05, 4.69) is 16.7 Å². The van der Waals surface area contributed by atoms with Crippen molar-refractivity contribution in [1.29, 1.82) is 0 Å². The highest BCUT2D eigenvalue weighted by Gasteiger charge is 2.34. The first kappa shape index (κ1) is 19.0. The van der Waals surface area contributed by atoms with Crippen molar-refractivity contribution < 1.29 is 9.59 Å². The van der Waals surface area contributed by atoms with Gasteiger partial charge in [-0.05, 0) is 40.6 Å². The van der Waals surface area contributed by atoms with Crippen LogP contribution in [-0.2, 0) is 7.05 Å². The number of carbonyl (C=O) groups excluding carboxylic acids is 2. The number of fused-ring (bicyclic) bond motifs is 6. The lowest BCUT2D eigenvalue weighted by atomic mass is 9.78. The number of carbonyl (C=O) groups is 2. The molecule has 0 unspecified atom stereocenters. The Morgan fingerprint density at radius 2 is 1.18 bits per heavy atom. The van der Waals surface area contributed by atoms with E-state index in [1.165, 1.54) is 0 Å². The number of nitrogens with zero attached hydrogens (tertiary/aromatic N) is 1. The fourth-order valence-electron chi connectivity index (χ4n) is 5.52. The summed E-state index contributed by atoms with van der Waals surface area (Å²) in [6.45, 7) is 0. The minimum atomic E-state index is -0.0975. The van der Waals surface area contributed by atoms with Crippen LogP contribution in [0.4, 0.5) is 0 Å². The Balaban J connectivity index is 1.67. The summed E-state index contributed by atoms with van der Waals surface area (Å²) in [5.74, 6) is -0.191. The quantitative estimate of drug-likeness (QED) is 0.279. The smallest absolute Gasteiger partial charge is 0.195 e. The molecule has 0 fully saturated rings. The minimum absolute atomic E-state index is 0.0935. The molecule has 0 atom stereocenters. The van der Waals surface area contributed by atoms with Crippen LogP contribution in [0.3, 0.4) is 0 Å². The summed E-state index contributed by atoms with van der Waals surface area (Å²) in [5, 5.41) is 4.00. The number of aryl methyl sites for hydroxylation is 1. The first-order chi connectivity index (χ1) is 16.6. The van der Waals surface area contributed by atoms with Crippen LogP contribution >= 0.6 is 0 Å². The molecule has 3 nitrogen and oxygen atoms in total. The molecular weight excluding hydrogens is 418 g/mol. The van der Waals surface area contributed by atoms with E-state index in [1.807, 2.05) is 92.0 Å². The lowest BCUT2D eigenvalue weighted by Crippen LogP contribution is -2.22. The van der Waals surface area contributed by atoms with Crippen molar-refractivity contribution in [3.8, 4) is 11.1 Å².